The van der Waals surface area contributed by atoms with Crippen LogP contribution < -0.4 is 5.14 Å². The zero-order chi connectivity index (χ0) is 14.8. The van der Waals surface area contributed by atoms with E-state index >= 15 is 0 Å². The van der Waals surface area contributed by atoms with E-state index in [1.807, 2.05) is 13.8 Å². The summed E-state index contributed by atoms with van der Waals surface area (Å²) in [5.41, 5.74) is 0. The van der Waals surface area contributed by atoms with Crippen LogP contribution >= 0.6 is 0 Å². The minimum Gasteiger partial charge on any atom is -0.378 e. The second-order valence-corrected chi connectivity index (χ2v) is 6.89. The molecule has 1 aliphatic heterocycles. The first-order valence-electron chi connectivity index (χ1n) is 6.97. The Morgan fingerprint density at radius 3 is 2.70 bits per heavy atom. The summed E-state index contributed by atoms with van der Waals surface area (Å²) in [5.74, 6) is 0.651. The predicted molar refractivity (Wildman–Crippen MR) is 73.7 cm³/mol. The molecule has 0 radical (unpaired) electrons. The Bertz CT molecular complexity index is 547. The first-order chi connectivity index (χ1) is 9.39. The molecule has 2 rings (SSSR count). The lowest BCUT2D eigenvalue weighted by Crippen LogP contribution is -2.22. The van der Waals surface area contributed by atoms with Gasteiger partial charge in [0.1, 0.15) is 5.82 Å². The van der Waals surface area contributed by atoms with E-state index < -0.39 is 10.0 Å². The third-order valence-electron chi connectivity index (χ3n) is 3.47. The van der Waals surface area contributed by atoms with E-state index in [2.05, 4.69) is 10.2 Å². The molecule has 0 aliphatic carbocycles. The van der Waals surface area contributed by atoms with Gasteiger partial charge in [0.25, 0.3) is 15.2 Å². The maximum atomic E-state index is 11.5. The monoisotopic (exact) mass is 302 g/mol. The molecule has 0 amide bonds. The molecule has 0 aromatic carbocycles. The molecule has 20 heavy (non-hydrogen) atoms. The average Bonchev–Trinajstić information content (AvgIpc) is 2.81. The molecule has 1 saturated heterocycles. The fourth-order valence-electron chi connectivity index (χ4n) is 2.52. The number of nitrogens with zero attached hydrogens (tertiary/aromatic N) is 3. The van der Waals surface area contributed by atoms with Crippen LogP contribution in [0.5, 0.6) is 0 Å². The highest BCUT2D eigenvalue weighted by molar-refractivity contribution is 7.89. The minimum absolute atomic E-state index is 0.0550. The fraction of sp³-hybridized carbons (Fsp3) is 0.833. The van der Waals surface area contributed by atoms with Gasteiger partial charge in [-0.15, -0.1) is 10.2 Å². The third kappa shape index (κ3) is 3.56. The predicted octanol–water partition coefficient (Wildman–Crippen LogP) is 1.01. The van der Waals surface area contributed by atoms with Crippen molar-refractivity contribution in [1.82, 2.24) is 14.8 Å². The summed E-state index contributed by atoms with van der Waals surface area (Å²) in [5, 5.41) is 12.7. The zero-order valence-electron chi connectivity index (χ0n) is 11.9. The third-order valence-corrected chi connectivity index (χ3v) is 4.26. The van der Waals surface area contributed by atoms with Crippen molar-refractivity contribution in [2.75, 3.05) is 6.61 Å². The van der Waals surface area contributed by atoms with Crippen molar-refractivity contribution < 1.29 is 13.2 Å². The van der Waals surface area contributed by atoms with Gasteiger partial charge in [-0.05, 0) is 39.5 Å². The molecule has 1 atom stereocenters. The highest BCUT2D eigenvalue weighted by Crippen LogP contribution is 2.20. The molecule has 8 heteroatoms. The molecule has 1 aromatic rings. The number of primary sulfonamides is 1. The second-order valence-electron chi connectivity index (χ2n) is 5.43. The number of aryl methyl sites for hydroxylation is 1. The molecule has 1 aromatic heterocycles. The van der Waals surface area contributed by atoms with Gasteiger partial charge < -0.3 is 4.74 Å². The molecule has 2 heterocycles. The van der Waals surface area contributed by atoms with Crippen LogP contribution in [0.1, 0.15) is 51.4 Å². The summed E-state index contributed by atoms with van der Waals surface area (Å²) in [6.07, 6.45) is 5.07. The lowest BCUT2D eigenvalue weighted by atomic mass is 10.0. The van der Waals surface area contributed by atoms with Crippen LogP contribution in [0.4, 0.5) is 0 Å². The number of aromatic nitrogens is 3. The Morgan fingerprint density at radius 2 is 2.15 bits per heavy atom. The SMILES string of the molecule is CC(C)n1c(CCC2CCCCO2)nnc1S(N)(=O)=O. The smallest absolute Gasteiger partial charge is 0.273 e. The van der Waals surface area contributed by atoms with Crippen molar-refractivity contribution in [3.63, 3.8) is 0 Å². The van der Waals surface area contributed by atoms with Gasteiger partial charge in [0.15, 0.2) is 0 Å². The van der Waals surface area contributed by atoms with Crippen LogP contribution in [0.25, 0.3) is 0 Å². The lowest BCUT2D eigenvalue weighted by molar-refractivity contribution is 0.0110. The van der Waals surface area contributed by atoms with Gasteiger partial charge in [0, 0.05) is 19.1 Å². The first-order valence-corrected chi connectivity index (χ1v) is 8.52. The molecular formula is C12H22N4O3S. The molecule has 7 nitrogen and oxygen atoms in total. The van der Waals surface area contributed by atoms with Crippen molar-refractivity contribution in [3.05, 3.63) is 5.82 Å². The molecule has 0 spiro atoms. The van der Waals surface area contributed by atoms with E-state index in [1.54, 1.807) is 4.57 Å². The lowest BCUT2D eigenvalue weighted by Gasteiger charge is -2.22. The van der Waals surface area contributed by atoms with Gasteiger partial charge >= 0.3 is 0 Å². The summed E-state index contributed by atoms with van der Waals surface area (Å²) >= 11 is 0. The van der Waals surface area contributed by atoms with Crippen molar-refractivity contribution in [1.29, 1.82) is 0 Å². The van der Waals surface area contributed by atoms with Crippen LogP contribution in [0.2, 0.25) is 0 Å². The van der Waals surface area contributed by atoms with E-state index in [1.165, 1.54) is 6.42 Å². The van der Waals surface area contributed by atoms with E-state index in [4.69, 9.17) is 9.88 Å². The summed E-state index contributed by atoms with van der Waals surface area (Å²) in [6, 6.07) is -0.0550. The van der Waals surface area contributed by atoms with Crippen molar-refractivity contribution in [2.24, 2.45) is 5.14 Å². The first kappa shape index (κ1) is 15.4. The normalized spacial score (nSPS) is 20.5. The molecule has 114 valence electrons. The molecule has 1 aliphatic rings. The van der Waals surface area contributed by atoms with E-state index in [-0.39, 0.29) is 17.3 Å². The number of sulfonamides is 1. The minimum atomic E-state index is -3.84. The van der Waals surface area contributed by atoms with Gasteiger partial charge in [-0.3, -0.25) is 4.57 Å². The number of ether oxygens (including phenoxy) is 1. The summed E-state index contributed by atoms with van der Waals surface area (Å²) in [4.78, 5) is 0. The summed E-state index contributed by atoms with van der Waals surface area (Å²) in [6.45, 7) is 4.58. The maximum absolute atomic E-state index is 11.5. The Kier molecular flexibility index (Phi) is 4.77. The number of hydrogen-bond donors (Lipinski definition) is 1. The van der Waals surface area contributed by atoms with Crippen LogP contribution in [-0.2, 0) is 21.2 Å². The standard InChI is InChI=1S/C12H22N4O3S/c1-9(2)16-11(14-15-12(16)20(13,17)18)7-6-10-5-3-4-8-19-10/h9-10H,3-8H2,1-2H3,(H2,13,17,18). The molecule has 1 unspecified atom stereocenters. The largest absolute Gasteiger partial charge is 0.378 e. The maximum Gasteiger partial charge on any atom is 0.273 e. The van der Waals surface area contributed by atoms with Gasteiger partial charge in [-0.25, -0.2) is 13.6 Å². The topological polar surface area (TPSA) is 100 Å². The molecular weight excluding hydrogens is 280 g/mol. The molecule has 0 saturated carbocycles. The second kappa shape index (κ2) is 6.19. The number of nitrogens with two attached hydrogens (primary N) is 1. The highest BCUT2D eigenvalue weighted by atomic mass is 32.2. The number of hydrogen-bond acceptors (Lipinski definition) is 5. The quantitative estimate of drug-likeness (QED) is 0.874. The van der Waals surface area contributed by atoms with E-state index in [0.29, 0.717) is 12.2 Å². The van der Waals surface area contributed by atoms with Crippen LogP contribution in [0.3, 0.4) is 0 Å². The molecule has 2 N–H and O–H groups in total. The zero-order valence-corrected chi connectivity index (χ0v) is 12.8. The fourth-order valence-corrected chi connectivity index (χ4v) is 3.26. The van der Waals surface area contributed by atoms with E-state index in [0.717, 1.165) is 25.9 Å². The van der Waals surface area contributed by atoms with Gasteiger partial charge in [-0.2, -0.15) is 0 Å². The molecule has 0 bridgehead atoms. The van der Waals surface area contributed by atoms with Crippen molar-refractivity contribution >= 4 is 10.0 Å². The van der Waals surface area contributed by atoms with Crippen LogP contribution in [0.15, 0.2) is 5.16 Å². The summed E-state index contributed by atoms with van der Waals surface area (Å²) in [7, 11) is -3.84. The number of rotatable bonds is 5. The summed E-state index contributed by atoms with van der Waals surface area (Å²) < 4.78 is 30.3. The van der Waals surface area contributed by atoms with Crippen LogP contribution in [0, 0.1) is 0 Å². The van der Waals surface area contributed by atoms with Crippen molar-refractivity contribution in [3.8, 4) is 0 Å². The van der Waals surface area contributed by atoms with Gasteiger partial charge in [0.05, 0.1) is 6.10 Å². The van der Waals surface area contributed by atoms with Gasteiger partial charge in [0.2, 0.25) is 0 Å². The highest BCUT2D eigenvalue weighted by Gasteiger charge is 2.23. The van der Waals surface area contributed by atoms with Gasteiger partial charge in [-0.1, -0.05) is 0 Å². The van der Waals surface area contributed by atoms with Crippen molar-refractivity contribution in [2.45, 2.75) is 63.3 Å². The Labute approximate surface area is 119 Å². The molecule has 1 fully saturated rings. The Balaban J connectivity index is 2.13. The Hall–Kier alpha value is -0.990. The van der Waals surface area contributed by atoms with Crippen LogP contribution in [-0.4, -0.2) is 35.9 Å². The average molecular weight is 302 g/mol. The van der Waals surface area contributed by atoms with E-state index in [9.17, 15) is 8.42 Å². The Morgan fingerprint density at radius 1 is 1.40 bits per heavy atom.